The molecule has 0 radical (unpaired) electrons. The fraction of sp³-hybridized carbons (Fsp3) is 0.368. The third kappa shape index (κ3) is 3.92. The van der Waals surface area contributed by atoms with Gasteiger partial charge in [0.05, 0.1) is 0 Å². The minimum absolute atomic E-state index is 0.178. The first-order valence-electron chi connectivity index (χ1n) is 7.75. The Labute approximate surface area is 127 Å². The van der Waals surface area contributed by atoms with Crippen LogP contribution in [-0.2, 0) is 6.54 Å². The first kappa shape index (κ1) is 15.7. The minimum Gasteiger partial charge on any atom is -0.313 e. The maximum absolute atomic E-state index is 13.5. The van der Waals surface area contributed by atoms with Gasteiger partial charge < -0.3 is 5.32 Å². The van der Waals surface area contributed by atoms with Crippen LogP contribution in [0.3, 0.4) is 0 Å². The Balaban J connectivity index is 2.32. The highest BCUT2D eigenvalue weighted by Gasteiger charge is 2.08. The van der Waals surface area contributed by atoms with Gasteiger partial charge in [-0.2, -0.15) is 0 Å². The molecule has 0 aliphatic rings. The first-order valence-corrected chi connectivity index (χ1v) is 7.75. The van der Waals surface area contributed by atoms with Gasteiger partial charge in [-0.3, -0.25) is 0 Å². The van der Waals surface area contributed by atoms with Crippen LogP contribution in [0.2, 0.25) is 0 Å². The van der Waals surface area contributed by atoms with Crippen LogP contribution in [0.25, 0.3) is 11.1 Å². The van der Waals surface area contributed by atoms with Gasteiger partial charge in [0.2, 0.25) is 0 Å². The third-order valence-electron chi connectivity index (χ3n) is 4.04. The monoisotopic (exact) mass is 285 g/mol. The van der Waals surface area contributed by atoms with Crippen LogP contribution in [0.1, 0.15) is 44.2 Å². The van der Waals surface area contributed by atoms with E-state index in [4.69, 9.17) is 0 Å². The Morgan fingerprint density at radius 1 is 1.05 bits per heavy atom. The summed E-state index contributed by atoms with van der Waals surface area (Å²) in [5.41, 5.74) is 4.62. The van der Waals surface area contributed by atoms with Gasteiger partial charge in [-0.15, -0.1) is 0 Å². The van der Waals surface area contributed by atoms with E-state index in [0.717, 1.165) is 29.7 Å². The number of hydrogen-bond acceptors (Lipinski definition) is 1. The summed E-state index contributed by atoms with van der Waals surface area (Å²) in [5.74, 6) is 0.399. The second-order valence-corrected chi connectivity index (χ2v) is 5.51. The molecule has 0 heterocycles. The minimum atomic E-state index is -0.178. The van der Waals surface area contributed by atoms with Crippen molar-refractivity contribution in [3.05, 3.63) is 59.4 Å². The van der Waals surface area contributed by atoms with Crippen molar-refractivity contribution in [1.29, 1.82) is 0 Å². The molecule has 1 nitrogen and oxygen atoms in total. The Morgan fingerprint density at radius 2 is 1.76 bits per heavy atom. The third-order valence-corrected chi connectivity index (χ3v) is 4.04. The average Bonchev–Trinajstić information content (AvgIpc) is 2.52. The van der Waals surface area contributed by atoms with Crippen molar-refractivity contribution in [1.82, 2.24) is 5.32 Å². The van der Waals surface area contributed by atoms with Crippen molar-refractivity contribution in [3.63, 3.8) is 0 Å². The predicted octanol–water partition coefficient (Wildman–Crippen LogP) is 5.12. The zero-order valence-corrected chi connectivity index (χ0v) is 13.1. The van der Waals surface area contributed by atoms with E-state index in [1.54, 1.807) is 6.07 Å². The van der Waals surface area contributed by atoms with Crippen LogP contribution in [0.4, 0.5) is 4.39 Å². The molecule has 0 aliphatic heterocycles. The molecule has 0 fully saturated rings. The highest BCUT2D eigenvalue weighted by atomic mass is 19.1. The molecule has 0 saturated carbocycles. The number of hydrogen-bond donors (Lipinski definition) is 1. The van der Waals surface area contributed by atoms with Crippen molar-refractivity contribution in [2.24, 2.45) is 0 Å². The summed E-state index contributed by atoms with van der Waals surface area (Å²) in [5, 5.41) is 3.27. The molecule has 0 bridgehead atoms. The molecule has 2 aromatic carbocycles. The molecule has 0 amide bonds. The summed E-state index contributed by atoms with van der Waals surface area (Å²) < 4.78 is 13.5. The summed E-state index contributed by atoms with van der Waals surface area (Å²) in [6, 6.07) is 13.7. The zero-order chi connectivity index (χ0) is 15.2. The number of nitrogens with one attached hydrogen (secondary N) is 1. The molecule has 2 aromatic rings. The second-order valence-electron chi connectivity index (χ2n) is 5.51. The van der Waals surface area contributed by atoms with Crippen molar-refractivity contribution < 1.29 is 4.39 Å². The Kier molecular flexibility index (Phi) is 5.51. The number of rotatable bonds is 6. The standard InChI is InChI=1S/C19H24FN/c1-4-14(3)15-6-8-16(9-7-15)19-11-10-18(20)12-17(19)13-21-5-2/h6-12,14,21H,4-5,13H2,1-3H3. The maximum Gasteiger partial charge on any atom is 0.123 e. The molecule has 112 valence electrons. The van der Waals surface area contributed by atoms with Gasteiger partial charge in [0, 0.05) is 6.54 Å². The predicted molar refractivity (Wildman–Crippen MR) is 87.9 cm³/mol. The largest absolute Gasteiger partial charge is 0.313 e. The molecule has 21 heavy (non-hydrogen) atoms. The molecule has 0 saturated heterocycles. The van der Waals surface area contributed by atoms with Crippen LogP contribution < -0.4 is 5.32 Å². The molecular formula is C19H24FN. The van der Waals surface area contributed by atoms with Gasteiger partial charge >= 0.3 is 0 Å². The molecule has 1 N–H and O–H groups in total. The van der Waals surface area contributed by atoms with Gasteiger partial charge in [0.1, 0.15) is 5.82 Å². The lowest BCUT2D eigenvalue weighted by Gasteiger charge is -2.13. The maximum atomic E-state index is 13.5. The lowest BCUT2D eigenvalue weighted by Crippen LogP contribution is -2.12. The Hall–Kier alpha value is -1.67. The fourth-order valence-electron chi connectivity index (χ4n) is 2.48. The van der Waals surface area contributed by atoms with Gasteiger partial charge in [0.25, 0.3) is 0 Å². The SMILES string of the molecule is CCNCc1cc(F)ccc1-c1ccc(C(C)CC)cc1. The van der Waals surface area contributed by atoms with Crippen LogP contribution in [0.5, 0.6) is 0 Å². The topological polar surface area (TPSA) is 12.0 Å². The van der Waals surface area contributed by atoms with Crippen LogP contribution >= 0.6 is 0 Å². The van der Waals surface area contributed by atoms with Crippen molar-refractivity contribution in [3.8, 4) is 11.1 Å². The summed E-state index contributed by atoms with van der Waals surface area (Å²) >= 11 is 0. The molecule has 0 spiro atoms. The zero-order valence-electron chi connectivity index (χ0n) is 13.1. The van der Waals surface area contributed by atoms with E-state index in [0.29, 0.717) is 12.5 Å². The van der Waals surface area contributed by atoms with Crippen LogP contribution in [-0.4, -0.2) is 6.54 Å². The average molecular weight is 285 g/mol. The van der Waals surface area contributed by atoms with E-state index < -0.39 is 0 Å². The van der Waals surface area contributed by atoms with E-state index in [1.807, 2.05) is 6.07 Å². The van der Waals surface area contributed by atoms with Gasteiger partial charge in [0.15, 0.2) is 0 Å². The molecule has 2 rings (SSSR count). The van der Waals surface area contributed by atoms with Crippen molar-refractivity contribution in [2.45, 2.75) is 39.7 Å². The van der Waals surface area contributed by atoms with E-state index >= 15 is 0 Å². The molecule has 0 aromatic heterocycles. The fourth-order valence-corrected chi connectivity index (χ4v) is 2.48. The van der Waals surface area contributed by atoms with Gasteiger partial charge in [-0.1, -0.05) is 51.1 Å². The second kappa shape index (κ2) is 7.37. The Bertz CT molecular complexity index is 575. The number of benzene rings is 2. The summed E-state index contributed by atoms with van der Waals surface area (Å²) in [6.45, 7) is 8.07. The highest BCUT2D eigenvalue weighted by molar-refractivity contribution is 5.67. The quantitative estimate of drug-likeness (QED) is 0.777. The summed E-state index contributed by atoms with van der Waals surface area (Å²) in [7, 11) is 0. The lowest BCUT2D eigenvalue weighted by atomic mass is 9.94. The van der Waals surface area contributed by atoms with Gasteiger partial charge in [-0.25, -0.2) is 4.39 Å². The van der Waals surface area contributed by atoms with Crippen molar-refractivity contribution >= 4 is 0 Å². The molecular weight excluding hydrogens is 261 g/mol. The normalized spacial score (nSPS) is 12.4. The molecule has 2 heteroatoms. The number of halogens is 1. The van der Waals surface area contributed by atoms with E-state index in [-0.39, 0.29) is 5.82 Å². The summed E-state index contributed by atoms with van der Waals surface area (Å²) in [4.78, 5) is 0. The lowest BCUT2D eigenvalue weighted by molar-refractivity contribution is 0.622. The molecule has 1 atom stereocenters. The Morgan fingerprint density at radius 3 is 2.38 bits per heavy atom. The molecule has 1 unspecified atom stereocenters. The van der Waals surface area contributed by atoms with Crippen LogP contribution in [0, 0.1) is 5.82 Å². The molecule has 0 aliphatic carbocycles. The first-order chi connectivity index (χ1) is 10.2. The van der Waals surface area contributed by atoms with Gasteiger partial charge in [-0.05, 0) is 53.3 Å². The summed E-state index contributed by atoms with van der Waals surface area (Å²) in [6.07, 6.45) is 1.14. The smallest absolute Gasteiger partial charge is 0.123 e. The van der Waals surface area contributed by atoms with Crippen molar-refractivity contribution in [2.75, 3.05) is 6.54 Å². The highest BCUT2D eigenvalue weighted by Crippen LogP contribution is 2.27. The van der Waals surface area contributed by atoms with E-state index in [1.165, 1.54) is 11.6 Å². The van der Waals surface area contributed by atoms with E-state index in [9.17, 15) is 4.39 Å². The van der Waals surface area contributed by atoms with Crippen LogP contribution in [0.15, 0.2) is 42.5 Å². The van der Waals surface area contributed by atoms with E-state index in [2.05, 4.69) is 50.4 Å².